The molecule has 1 atom stereocenters. The van der Waals surface area contributed by atoms with Gasteiger partial charge in [0.2, 0.25) is 0 Å². The molecule has 0 unspecified atom stereocenters. The summed E-state index contributed by atoms with van der Waals surface area (Å²) in [5.74, 6) is 1.81. The zero-order valence-corrected chi connectivity index (χ0v) is 11.2. The summed E-state index contributed by atoms with van der Waals surface area (Å²) in [6.45, 7) is 6.75. The lowest BCUT2D eigenvalue weighted by molar-refractivity contribution is -0.121. The average molecular weight is 236 g/mol. The Kier molecular flexibility index (Phi) is 3.48. The van der Waals surface area contributed by atoms with E-state index >= 15 is 0 Å². The van der Waals surface area contributed by atoms with Gasteiger partial charge in [0.15, 0.2) is 0 Å². The van der Waals surface area contributed by atoms with Crippen LogP contribution in [0, 0.1) is 19.8 Å². The Bertz CT molecular complexity index is 381. The van der Waals surface area contributed by atoms with Gasteiger partial charge in [-0.3, -0.25) is 4.79 Å². The van der Waals surface area contributed by atoms with Crippen molar-refractivity contribution in [3.8, 4) is 0 Å². The maximum absolute atomic E-state index is 11.2. The van der Waals surface area contributed by atoms with Gasteiger partial charge in [-0.25, -0.2) is 0 Å². The summed E-state index contributed by atoms with van der Waals surface area (Å²) in [7, 11) is 0. The van der Waals surface area contributed by atoms with E-state index in [1.165, 1.54) is 16.0 Å². The maximum Gasteiger partial charge on any atom is 0.132 e. The number of hydrogen-bond donors (Lipinski definition) is 0. The third-order valence-corrected chi connectivity index (χ3v) is 5.44. The summed E-state index contributed by atoms with van der Waals surface area (Å²) < 4.78 is 0. The third-order valence-electron chi connectivity index (χ3n) is 4.03. The predicted molar refractivity (Wildman–Crippen MR) is 69.2 cm³/mol. The van der Waals surface area contributed by atoms with Gasteiger partial charge in [0.25, 0.3) is 0 Å². The fourth-order valence-corrected chi connectivity index (χ4v) is 3.87. The lowest BCUT2D eigenvalue weighted by Crippen LogP contribution is -2.18. The highest BCUT2D eigenvalue weighted by Crippen LogP contribution is 2.39. The van der Waals surface area contributed by atoms with Crippen LogP contribution in [0.5, 0.6) is 0 Å². The summed E-state index contributed by atoms with van der Waals surface area (Å²) in [6, 6.07) is 0. The van der Waals surface area contributed by atoms with Crippen molar-refractivity contribution in [1.29, 1.82) is 0 Å². The second kappa shape index (κ2) is 4.70. The first-order chi connectivity index (χ1) is 7.59. The fraction of sp³-hybridized carbons (Fsp3) is 0.643. The van der Waals surface area contributed by atoms with Gasteiger partial charge in [0.05, 0.1) is 0 Å². The van der Waals surface area contributed by atoms with E-state index in [9.17, 15) is 4.79 Å². The molecule has 1 aromatic heterocycles. The van der Waals surface area contributed by atoms with Crippen molar-refractivity contribution in [3.05, 3.63) is 21.4 Å². The van der Waals surface area contributed by atoms with Gasteiger partial charge in [-0.1, -0.05) is 6.92 Å². The lowest BCUT2D eigenvalue weighted by atomic mass is 9.79. The second-order valence-corrected chi connectivity index (χ2v) is 5.98. The molecule has 1 aromatic rings. The molecule has 0 N–H and O–H groups in total. The van der Waals surface area contributed by atoms with E-state index in [4.69, 9.17) is 0 Å². The summed E-state index contributed by atoms with van der Waals surface area (Å²) >= 11 is 1.89. The van der Waals surface area contributed by atoms with Gasteiger partial charge < -0.3 is 0 Å². The Morgan fingerprint density at radius 1 is 1.31 bits per heavy atom. The molecule has 16 heavy (non-hydrogen) atoms. The topological polar surface area (TPSA) is 17.1 Å². The molecule has 0 saturated heterocycles. The highest BCUT2D eigenvalue weighted by Gasteiger charge is 2.26. The van der Waals surface area contributed by atoms with Gasteiger partial charge in [-0.05, 0) is 55.0 Å². The van der Waals surface area contributed by atoms with E-state index in [1.54, 1.807) is 0 Å². The number of carbonyl (C=O) groups excluding carboxylic acids is 1. The van der Waals surface area contributed by atoms with Crippen molar-refractivity contribution in [3.63, 3.8) is 0 Å². The highest BCUT2D eigenvalue weighted by molar-refractivity contribution is 7.10. The molecule has 0 bridgehead atoms. The number of aryl methyl sites for hydroxylation is 1. The first kappa shape index (κ1) is 11.8. The molecule has 1 nitrogen and oxygen atoms in total. The van der Waals surface area contributed by atoms with Crippen LogP contribution < -0.4 is 0 Å². The number of Topliss-reactive ketones (excluding diaryl/α,β-unsaturated/α-hetero) is 1. The van der Waals surface area contributed by atoms with Crippen molar-refractivity contribution in [2.75, 3.05) is 0 Å². The molecule has 0 aliphatic heterocycles. The molecule has 1 fully saturated rings. The van der Waals surface area contributed by atoms with Crippen molar-refractivity contribution in [1.82, 2.24) is 0 Å². The largest absolute Gasteiger partial charge is 0.300 e. The van der Waals surface area contributed by atoms with Crippen LogP contribution in [-0.4, -0.2) is 5.78 Å². The molecule has 2 rings (SSSR count). The summed E-state index contributed by atoms with van der Waals surface area (Å²) in [5, 5.41) is 2.26. The van der Waals surface area contributed by atoms with Crippen molar-refractivity contribution in [2.45, 2.75) is 52.4 Å². The molecule has 2 heteroatoms. The number of carbonyl (C=O) groups is 1. The van der Waals surface area contributed by atoms with Crippen molar-refractivity contribution >= 4 is 17.1 Å². The Labute approximate surface area is 102 Å². The fourth-order valence-electron chi connectivity index (χ4n) is 2.65. The molecule has 0 amide bonds. The van der Waals surface area contributed by atoms with Gasteiger partial charge in [-0.15, -0.1) is 11.3 Å². The molecular formula is C14H20OS. The van der Waals surface area contributed by atoms with Crippen LogP contribution in [0.3, 0.4) is 0 Å². The van der Waals surface area contributed by atoms with E-state index in [0.29, 0.717) is 11.7 Å². The molecular weight excluding hydrogens is 216 g/mol. The number of rotatable bonds is 2. The van der Waals surface area contributed by atoms with Gasteiger partial charge in [0, 0.05) is 17.7 Å². The van der Waals surface area contributed by atoms with Crippen LogP contribution in [0.25, 0.3) is 0 Å². The van der Waals surface area contributed by atoms with Crippen LogP contribution in [0.1, 0.15) is 54.5 Å². The summed E-state index contributed by atoms with van der Waals surface area (Å²) in [6.07, 6.45) is 3.80. The molecule has 0 spiro atoms. The minimum Gasteiger partial charge on any atom is -0.300 e. The molecule has 1 aliphatic rings. The molecule has 0 radical (unpaired) electrons. The first-order valence-corrected chi connectivity index (χ1v) is 7.04. The van der Waals surface area contributed by atoms with Crippen LogP contribution in [0.2, 0.25) is 0 Å². The van der Waals surface area contributed by atoms with Crippen LogP contribution in [0.15, 0.2) is 5.38 Å². The van der Waals surface area contributed by atoms with Gasteiger partial charge in [0.1, 0.15) is 5.78 Å². The maximum atomic E-state index is 11.2. The number of hydrogen-bond acceptors (Lipinski definition) is 2. The summed E-state index contributed by atoms with van der Waals surface area (Å²) in [4.78, 5) is 12.8. The van der Waals surface area contributed by atoms with Gasteiger partial charge >= 0.3 is 0 Å². The summed E-state index contributed by atoms with van der Waals surface area (Å²) in [5.41, 5.74) is 2.88. The van der Waals surface area contributed by atoms with Gasteiger partial charge in [-0.2, -0.15) is 0 Å². The Morgan fingerprint density at radius 2 is 1.94 bits per heavy atom. The van der Waals surface area contributed by atoms with E-state index in [1.807, 2.05) is 11.3 Å². The first-order valence-electron chi connectivity index (χ1n) is 6.16. The van der Waals surface area contributed by atoms with E-state index in [2.05, 4.69) is 26.2 Å². The Morgan fingerprint density at radius 3 is 2.44 bits per heavy atom. The van der Waals surface area contributed by atoms with E-state index in [-0.39, 0.29) is 0 Å². The van der Waals surface area contributed by atoms with Crippen molar-refractivity contribution < 1.29 is 4.79 Å². The minimum absolute atomic E-state index is 0.461. The van der Waals surface area contributed by atoms with Crippen molar-refractivity contribution in [2.24, 2.45) is 5.92 Å². The lowest BCUT2D eigenvalue weighted by Gasteiger charge is -2.27. The second-order valence-electron chi connectivity index (χ2n) is 5.07. The molecule has 1 saturated carbocycles. The number of ketones is 1. The monoisotopic (exact) mass is 236 g/mol. The Hall–Kier alpha value is -0.630. The smallest absolute Gasteiger partial charge is 0.132 e. The molecule has 1 aliphatic carbocycles. The quantitative estimate of drug-likeness (QED) is 0.751. The number of thiophene rings is 1. The Balaban J connectivity index is 2.10. The van der Waals surface area contributed by atoms with Crippen LogP contribution >= 0.6 is 11.3 Å². The van der Waals surface area contributed by atoms with Crippen LogP contribution in [0.4, 0.5) is 0 Å². The van der Waals surface area contributed by atoms with E-state index in [0.717, 1.165) is 31.6 Å². The normalized spacial score (nSPS) is 20.1. The molecule has 0 aromatic carbocycles. The SMILES string of the molecule is Cc1csc([C@H](C)C2CCC(=O)CC2)c1C. The predicted octanol–water partition coefficient (Wildman–Crippen LogP) is 4.23. The molecule has 88 valence electrons. The van der Waals surface area contributed by atoms with E-state index < -0.39 is 0 Å². The highest BCUT2D eigenvalue weighted by atomic mass is 32.1. The van der Waals surface area contributed by atoms with Crippen LogP contribution in [-0.2, 0) is 4.79 Å². The average Bonchev–Trinajstić information content (AvgIpc) is 2.60. The standard InChI is InChI=1S/C14H20OS/c1-9-8-16-14(10(9)2)11(3)12-4-6-13(15)7-5-12/h8,11-12H,4-7H2,1-3H3/t11-/m1/s1. The zero-order valence-electron chi connectivity index (χ0n) is 10.4. The molecule has 1 heterocycles. The minimum atomic E-state index is 0.461. The third kappa shape index (κ3) is 2.22. The zero-order chi connectivity index (χ0) is 11.7.